The summed E-state index contributed by atoms with van der Waals surface area (Å²) >= 11 is 3.12. The van der Waals surface area contributed by atoms with Gasteiger partial charge in [0.15, 0.2) is 0 Å². The Bertz CT molecular complexity index is 513. The van der Waals surface area contributed by atoms with Gasteiger partial charge in [0.2, 0.25) is 0 Å². The molecule has 3 atom stereocenters. The van der Waals surface area contributed by atoms with Crippen molar-refractivity contribution in [2.45, 2.75) is 38.7 Å². The zero-order valence-corrected chi connectivity index (χ0v) is 12.5. The summed E-state index contributed by atoms with van der Waals surface area (Å²) in [5.41, 5.74) is -0.121. The summed E-state index contributed by atoms with van der Waals surface area (Å²) in [5.74, 6) is 0.137. The number of nitrogens with zero attached hydrogens (tertiary/aromatic N) is 1. The van der Waals surface area contributed by atoms with Crippen molar-refractivity contribution in [1.82, 2.24) is 0 Å². The molecular formula is C15H17BrFNO. The van der Waals surface area contributed by atoms with Gasteiger partial charge in [-0.2, -0.15) is 5.26 Å². The minimum atomic E-state index is -0.856. The van der Waals surface area contributed by atoms with Crippen molar-refractivity contribution >= 4 is 15.9 Å². The lowest BCUT2D eigenvalue weighted by atomic mass is 9.78. The van der Waals surface area contributed by atoms with E-state index in [-0.39, 0.29) is 5.82 Å². The first-order valence-corrected chi connectivity index (χ1v) is 7.36. The Balaban J connectivity index is 2.29. The summed E-state index contributed by atoms with van der Waals surface area (Å²) < 4.78 is 13.6. The first-order chi connectivity index (χ1) is 9.02. The van der Waals surface area contributed by atoms with Crippen LogP contribution in [0.15, 0.2) is 22.7 Å². The Morgan fingerprint density at radius 1 is 1.63 bits per heavy atom. The average molecular weight is 326 g/mol. The zero-order chi connectivity index (χ0) is 14.0. The van der Waals surface area contributed by atoms with Crippen molar-refractivity contribution in [1.29, 1.82) is 5.26 Å². The van der Waals surface area contributed by atoms with E-state index in [1.807, 2.05) is 0 Å². The predicted molar refractivity (Wildman–Crippen MR) is 74.7 cm³/mol. The number of nitriles is 1. The van der Waals surface area contributed by atoms with Gasteiger partial charge in [0.05, 0.1) is 22.1 Å². The van der Waals surface area contributed by atoms with Crippen LogP contribution in [0.1, 0.15) is 44.3 Å². The molecule has 1 aromatic carbocycles. The molecule has 0 radical (unpaired) electrons. The number of hydrogen-bond donors (Lipinski definition) is 1. The number of aliphatic hydroxyl groups is 1. The van der Waals surface area contributed by atoms with Crippen molar-refractivity contribution in [3.8, 4) is 6.07 Å². The molecule has 102 valence electrons. The topological polar surface area (TPSA) is 44.0 Å². The van der Waals surface area contributed by atoms with E-state index in [0.717, 1.165) is 19.3 Å². The van der Waals surface area contributed by atoms with Crippen molar-refractivity contribution in [3.63, 3.8) is 0 Å². The lowest BCUT2D eigenvalue weighted by molar-refractivity contribution is 0.0639. The molecule has 0 bridgehead atoms. The van der Waals surface area contributed by atoms with Gasteiger partial charge >= 0.3 is 0 Å². The Kier molecular flexibility index (Phi) is 4.27. The first-order valence-electron chi connectivity index (χ1n) is 6.56. The smallest absolute Gasteiger partial charge is 0.137 e. The van der Waals surface area contributed by atoms with E-state index in [4.69, 9.17) is 0 Å². The van der Waals surface area contributed by atoms with Crippen molar-refractivity contribution in [2.75, 3.05) is 0 Å². The van der Waals surface area contributed by atoms with Crippen LogP contribution in [0.3, 0.4) is 0 Å². The van der Waals surface area contributed by atoms with Gasteiger partial charge in [-0.15, -0.1) is 0 Å². The monoisotopic (exact) mass is 325 g/mol. The molecule has 2 rings (SSSR count). The third-order valence-electron chi connectivity index (χ3n) is 4.23. The second kappa shape index (κ2) is 5.60. The Labute approximate surface area is 121 Å². The van der Waals surface area contributed by atoms with Crippen LogP contribution in [0.2, 0.25) is 0 Å². The van der Waals surface area contributed by atoms with Crippen LogP contribution >= 0.6 is 15.9 Å². The van der Waals surface area contributed by atoms with E-state index < -0.39 is 11.5 Å². The standard InChI is InChI=1S/C15H17BrFNO/c1-2-10-5-6-15(8-10,9-18)14(19)11-3-4-13(17)12(16)7-11/h3-4,7,10,14,19H,2,5-6,8H2,1H3. The van der Waals surface area contributed by atoms with Gasteiger partial charge in [-0.3, -0.25) is 0 Å². The van der Waals surface area contributed by atoms with Crippen molar-refractivity contribution < 1.29 is 9.50 Å². The van der Waals surface area contributed by atoms with E-state index in [2.05, 4.69) is 28.9 Å². The summed E-state index contributed by atoms with van der Waals surface area (Å²) in [6, 6.07) is 6.76. The van der Waals surface area contributed by atoms with E-state index in [1.165, 1.54) is 6.07 Å². The van der Waals surface area contributed by atoms with Crippen LogP contribution in [0.25, 0.3) is 0 Å². The van der Waals surface area contributed by atoms with Crippen LogP contribution in [0, 0.1) is 28.5 Å². The average Bonchev–Trinajstić information content (AvgIpc) is 2.86. The molecular weight excluding hydrogens is 309 g/mol. The van der Waals surface area contributed by atoms with Gasteiger partial charge in [0, 0.05) is 0 Å². The van der Waals surface area contributed by atoms with Crippen molar-refractivity contribution in [3.05, 3.63) is 34.1 Å². The molecule has 1 saturated carbocycles. The van der Waals surface area contributed by atoms with E-state index in [0.29, 0.717) is 22.4 Å². The lowest BCUT2D eigenvalue weighted by Crippen LogP contribution is -2.24. The molecule has 1 aliphatic rings. The van der Waals surface area contributed by atoms with E-state index >= 15 is 0 Å². The number of benzene rings is 1. The molecule has 0 amide bonds. The number of rotatable bonds is 3. The maximum absolute atomic E-state index is 13.2. The van der Waals surface area contributed by atoms with Gasteiger partial charge in [0.25, 0.3) is 0 Å². The molecule has 19 heavy (non-hydrogen) atoms. The van der Waals surface area contributed by atoms with E-state index in [1.54, 1.807) is 12.1 Å². The second-order valence-electron chi connectivity index (χ2n) is 5.36. The normalized spacial score (nSPS) is 28.1. The third-order valence-corrected chi connectivity index (χ3v) is 4.84. The van der Waals surface area contributed by atoms with Gasteiger partial charge in [0.1, 0.15) is 5.82 Å². The first kappa shape index (κ1) is 14.5. The highest BCUT2D eigenvalue weighted by molar-refractivity contribution is 9.10. The molecule has 1 aromatic rings. The molecule has 0 aliphatic heterocycles. The highest BCUT2D eigenvalue weighted by Crippen LogP contribution is 2.50. The Morgan fingerprint density at radius 2 is 2.37 bits per heavy atom. The van der Waals surface area contributed by atoms with Crippen LogP contribution in [0.4, 0.5) is 4.39 Å². The maximum atomic E-state index is 13.2. The largest absolute Gasteiger partial charge is 0.387 e. The summed E-state index contributed by atoms with van der Waals surface area (Å²) in [5, 5.41) is 20.0. The Hall–Kier alpha value is -0.920. The summed E-state index contributed by atoms with van der Waals surface area (Å²) in [6.07, 6.45) is 2.58. The van der Waals surface area contributed by atoms with Gasteiger partial charge in [-0.1, -0.05) is 19.4 Å². The lowest BCUT2D eigenvalue weighted by Gasteiger charge is -2.28. The minimum absolute atomic E-state index is 0.321. The molecule has 0 aromatic heterocycles. The van der Waals surface area contributed by atoms with E-state index in [9.17, 15) is 14.8 Å². The fourth-order valence-corrected chi connectivity index (χ4v) is 3.34. The minimum Gasteiger partial charge on any atom is -0.387 e. The molecule has 4 heteroatoms. The quantitative estimate of drug-likeness (QED) is 0.898. The summed E-state index contributed by atoms with van der Waals surface area (Å²) in [4.78, 5) is 0. The van der Waals surface area contributed by atoms with Crippen LogP contribution in [0.5, 0.6) is 0 Å². The SMILES string of the molecule is CCC1CCC(C#N)(C(O)c2ccc(F)c(Br)c2)C1. The number of hydrogen-bond acceptors (Lipinski definition) is 2. The highest BCUT2D eigenvalue weighted by atomic mass is 79.9. The molecule has 3 unspecified atom stereocenters. The molecule has 1 N–H and O–H groups in total. The summed E-state index contributed by atoms with van der Waals surface area (Å²) in [6.45, 7) is 2.11. The number of aliphatic hydroxyl groups excluding tert-OH is 1. The van der Waals surface area contributed by atoms with Crippen LogP contribution < -0.4 is 0 Å². The zero-order valence-electron chi connectivity index (χ0n) is 10.9. The highest BCUT2D eigenvalue weighted by Gasteiger charge is 2.45. The fourth-order valence-electron chi connectivity index (χ4n) is 2.94. The predicted octanol–water partition coefficient (Wildman–Crippen LogP) is 4.34. The van der Waals surface area contributed by atoms with Gasteiger partial charge in [-0.25, -0.2) is 4.39 Å². The summed E-state index contributed by atoms with van der Waals surface area (Å²) in [7, 11) is 0. The molecule has 0 heterocycles. The van der Waals surface area contributed by atoms with Gasteiger partial charge in [-0.05, 0) is 58.8 Å². The Morgan fingerprint density at radius 3 is 2.89 bits per heavy atom. The van der Waals surface area contributed by atoms with Crippen molar-refractivity contribution in [2.24, 2.45) is 11.3 Å². The third kappa shape index (κ3) is 2.68. The maximum Gasteiger partial charge on any atom is 0.137 e. The second-order valence-corrected chi connectivity index (χ2v) is 6.22. The fraction of sp³-hybridized carbons (Fsp3) is 0.533. The molecule has 1 fully saturated rings. The van der Waals surface area contributed by atoms with Crippen LogP contribution in [-0.2, 0) is 0 Å². The molecule has 0 spiro atoms. The van der Waals surface area contributed by atoms with Crippen LogP contribution in [-0.4, -0.2) is 5.11 Å². The number of halogens is 2. The van der Waals surface area contributed by atoms with Gasteiger partial charge < -0.3 is 5.11 Å². The molecule has 1 aliphatic carbocycles. The molecule has 0 saturated heterocycles. The molecule has 2 nitrogen and oxygen atoms in total.